The number of nitrogens with zero attached hydrogens (tertiary/aromatic N) is 3. The summed E-state index contributed by atoms with van der Waals surface area (Å²) in [5, 5.41) is 8.81. The van der Waals surface area contributed by atoms with Gasteiger partial charge in [0.2, 0.25) is 0 Å². The monoisotopic (exact) mass is 241 g/mol. The first-order valence-corrected chi connectivity index (χ1v) is 5.71. The summed E-state index contributed by atoms with van der Waals surface area (Å²) < 4.78 is 7.11. The molecule has 0 N–H and O–H groups in total. The Morgan fingerprint density at radius 3 is 2.56 bits per heavy atom. The number of aromatic nitrogens is 2. The molecule has 0 bridgehead atoms. The third-order valence-electron chi connectivity index (χ3n) is 3.01. The zero-order valence-electron chi connectivity index (χ0n) is 10.8. The van der Waals surface area contributed by atoms with E-state index in [9.17, 15) is 0 Å². The zero-order chi connectivity index (χ0) is 13.1. The summed E-state index contributed by atoms with van der Waals surface area (Å²) in [4.78, 5) is 4.53. The minimum absolute atomic E-state index is 0.380. The van der Waals surface area contributed by atoms with Gasteiger partial charge in [0, 0.05) is 12.6 Å². The van der Waals surface area contributed by atoms with Crippen LogP contribution in [0.1, 0.15) is 11.4 Å². The Hall–Kier alpha value is -2.28. The lowest BCUT2D eigenvalue weighted by Crippen LogP contribution is -1.98. The molecule has 18 heavy (non-hydrogen) atoms. The highest BCUT2D eigenvalue weighted by molar-refractivity contribution is 5.58. The van der Waals surface area contributed by atoms with Crippen molar-refractivity contribution in [1.29, 1.82) is 5.26 Å². The van der Waals surface area contributed by atoms with Crippen molar-refractivity contribution >= 4 is 0 Å². The minimum Gasteiger partial charge on any atom is -0.497 e. The first-order valence-electron chi connectivity index (χ1n) is 5.71. The molecule has 0 saturated carbocycles. The van der Waals surface area contributed by atoms with Crippen LogP contribution in [-0.4, -0.2) is 16.7 Å². The molecule has 0 aliphatic heterocycles. The van der Waals surface area contributed by atoms with Gasteiger partial charge in [0.1, 0.15) is 11.6 Å². The van der Waals surface area contributed by atoms with Crippen molar-refractivity contribution in [2.75, 3.05) is 7.11 Å². The fourth-order valence-electron chi connectivity index (χ4n) is 1.99. The van der Waals surface area contributed by atoms with Gasteiger partial charge in [-0.25, -0.2) is 4.98 Å². The smallest absolute Gasteiger partial charge is 0.140 e. The molecule has 92 valence electrons. The third kappa shape index (κ3) is 2.07. The van der Waals surface area contributed by atoms with E-state index in [0.717, 1.165) is 28.5 Å². The minimum atomic E-state index is 0.380. The Bertz CT molecular complexity index is 591. The number of aryl methyl sites for hydroxylation is 1. The van der Waals surface area contributed by atoms with E-state index in [1.54, 1.807) is 7.11 Å². The van der Waals surface area contributed by atoms with Gasteiger partial charge in [-0.3, -0.25) is 0 Å². The molecule has 4 heteroatoms. The third-order valence-corrected chi connectivity index (χ3v) is 3.01. The van der Waals surface area contributed by atoms with Crippen LogP contribution < -0.4 is 4.74 Å². The van der Waals surface area contributed by atoms with Crippen LogP contribution in [0.2, 0.25) is 0 Å². The average molecular weight is 241 g/mol. The Kier molecular flexibility index (Phi) is 3.33. The molecule has 2 rings (SSSR count). The van der Waals surface area contributed by atoms with Gasteiger partial charge in [-0.15, -0.1) is 0 Å². The Balaban J connectivity index is 2.44. The quantitative estimate of drug-likeness (QED) is 0.829. The molecule has 0 aliphatic carbocycles. The van der Waals surface area contributed by atoms with E-state index in [0.29, 0.717) is 6.42 Å². The molecule has 1 aromatic heterocycles. The number of hydrogen-bond acceptors (Lipinski definition) is 3. The molecule has 1 heterocycles. The average Bonchev–Trinajstić information content (AvgIpc) is 2.67. The van der Waals surface area contributed by atoms with Gasteiger partial charge in [0.25, 0.3) is 0 Å². The number of benzene rings is 1. The standard InChI is InChI=1S/C14H15N3O/c1-10-13(8-9-15)17(2)14(16-10)11-4-6-12(18-3)7-5-11/h4-7H,8H2,1-3H3. The van der Waals surface area contributed by atoms with Gasteiger partial charge >= 0.3 is 0 Å². The van der Waals surface area contributed by atoms with Crippen LogP contribution in [0.5, 0.6) is 5.75 Å². The van der Waals surface area contributed by atoms with Crippen LogP contribution in [0.4, 0.5) is 0 Å². The molecule has 2 aromatic rings. The Morgan fingerprint density at radius 2 is 2.00 bits per heavy atom. The number of nitriles is 1. The summed E-state index contributed by atoms with van der Waals surface area (Å²) >= 11 is 0. The van der Waals surface area contributed by atoms with E-state index in [2.05, 4.69) is 11.1 Å². The predicted octanol–water partition coefficient (Wildman–Crippen LogP) is 2.47. The van der Waals surface area contributed by atoms with E-state index >= 15 is 0 Å². The SMILES string of the molecule is COc1ccc(-c2nc(C)c(CC#N)n2C)cc1. The first kappa shape index (κ1) is 12.2. The summed E-state index contributed by atoms with van der Waals surface area (Å²) in [5.74, 6) is 1.70. The van der Waals surface area contributed by atoms with Crippen molar-refractivity contribution in [3.63, 3.8) is 0 Å². The van der Waals surface area contributed by atoms with Gasteiger partial charge in [-0.05, 0) is 31.2 Å². The van der Waals surface area contributed by atoms with Crippen LogP contribution in [0.25, 0.3) is 11.4 Å². The second-order valence-corrected chi connectivity index (χ2v) is 4.09. The van der Waals surface area contributed by atoms with Crippen LogP contribution in [-0.2, 0) is 13.5 Å². The van der Waals surface area contributed by atoms with Gasteiger partial charge in [-0.1, -0.05) is 0 Å². The fraction of sp³-hybridized carbons (Fsp3) is 0.286. The topological polar surface area (TPSA) is 50.8 Å². The van der Waals surface area contributed by atoms with Crippen LogP contribution in [0.3, 0.4) is 0 Å². The molecule has 0 aliphatic rings. The summed E-state index contributed by atoms with van der Waals surface area (Å²) in [7, 11) is 3.58. The molecule has 0 atom stereocenters. The summed E-state index contributed by atoms with van der Waals surface area (Å²) in [6, 6.07) is 9.92. The second kappa shape index (κ2) is 4.92. The van der Waals surface area contributed by atoms with E-state index in [1.165, 1.54) is 0 Å². The van der Waals surface area contributed by atoms with E-state index < -0.39 is 0 Å². The molecular weight excluding hydrogens is 226 g/mol. The summed E-state index contributed by atoms with van der Waals surface area (Å²) in [6.07, 6.45) is 0.380. The van der Waals surface area contributed by atoms with Gasteiger partial charge in [0.15, 0.2) is 0 Å². The van der Waals surface area contributed by atoms with Crippen molar-refractivity contribution in [3.05, 3.63) is 35.7 Å². The molecular formula is C14H15N3O. The fourth-order valence-corrected chi connectivity index (χ4v) is 1.99. The maximum Gasteiger partial charge on any atom is 0.140 e. The van der Waals surface area contributed by atoms with Crippen molar-refractivity contribution in [1.82, 2.24) is 9.55 Å². The molecule has 0 spiro atoms. The lowest BCUT2D eigenvalue weighted by atomic mass is 10.2. The van der Waals surface area contributed by atoms with Crippen LogP contribution in [0.15, 0.2) is 24.3 Å². The highest BCUT2D eigenvalue weighted by Crippen LogP contribution is 2.23. The Morgan fingerprint density at radius 1 is 1.33 bits per heavy atom. The molecule has 4 nitrogen and oxygen atoms in total. The van der Waals surface area contributed by atoms with Gasteiger partial charge in [-0.2, -0.15) is 5.26 Å². The lowest BCUT2D eigenvalue weighted by molar-refractivity contribution is 0.415. The predicted molar refractivity (Wildman–Crippen MR) is 69.3 cm³/mol. The molecule has 0 saturated heterocycles. The number of imidazole rings is 1. The van der Waals surface area contributed by atoms with E-state index in [4.69, 9.17) is 10.00 Å². The maximum absolute atomic E-state index is 8.81. The molecule has 1 aromatic carbocycles. The largest absolute Gasteiger partial charge is 0.497 e. The van der Waals surface area contributed by atoms with Crippen molar-refractivity contribution in [2.45, 2.75) is 13.3 Å². The zero-order valence-corrected chi connectivity index (χ0v) is 10.8. The number of ether oxygens (including phenoxy) is 1. The van der Waals surface area contributed by atoms with Gasteiger partial charge < -0.3 is 9.30 Å². The Labute approximate surface area is 106 Å². The lowest BCUT2D eigenvalue weighted by Gasteiger charge is -2.05. The molecule has 0 fully saturated rings. The molecule has 0 radical (unpaired) electrons. The second-order valence-electron chi connectivity index (χ2n) is 4.09. The number of hydrogen-bond donors (Lipinski definition) is 0. The highest BCUT2D eigenvalue weighted by Gasteiger charge is 2.12. The van der Waals surface area contributed by atoms with Crippen molar-refractivity contribution in [2.24, 2.45) is 7.05 Å². The van der Waals surface area contributed by atoms with E-state index in [-0.39, 0.29) is 0 Å². The number of methoxy groups -OCH3 is 1. The van der Waals surface area contributed by atoms with E-state index in [1.807, 2.05) is 42.8 Å². The van der Waals surface area contributed by atoms with Crippen LogP contribution >= 0.6 is 0 Å². The van der Waals surface area contributed by atoms with Crippen LogP contribution in [0, 0.1) is 18.3 Å². The summed E-state index contributed by atoms with van der Waals surface area (Å²) in [6.45, 7) is 1.93. The highest BCUT2D eigenvalue weighted by atomic mass is 16.5. The van der Waals surface area contributed by atoms with Crippen molar-refractivity contribution in [3.8, 4) is 23.2 Å². The summed E-state index contributed by atoms with van der Waals surface area (Å²) in [5.41, 5.74) is 2.89. The maximum atomic E-state index is 8.81. The first-order chi connectivity index (χ1) is 8.67. The van der Waals surface area contributed by atoms with Crippen molar-refractivity contribution < 1.29 is 4.74 Å². The molecule has 0 unspecified atom stereocenters. The normalized spacial score (nSPS) is 10.1. The number of rotatable bonds is 3. The molecule has 0 amide bonds. The van der Waals surface area contributed by atoms with Gasteiger partial charge in [0.05, 0.1) is 31.0 Å².